The highest BCUT2D eigenvalue weighted by Gasteiger charge is 2.26. The van der Waals surface area contributed by atoms with Gasteiger partial charge >= 0.3 is 0 Å². The summed E-state index contributed by atoms with van der Waals surface area (Å²) in [5, 5.41) is 5.54. The van der Waals surface area contributed by atoms with E-state index in [4.69, 9.17) is 4.74 Å². The van der Waals surface area contributed by atoms with Crippen LogP contribution in [0, 0.1) is 0 Å². The third kappa shape index (κ3) is 4.29. The van der Waals surface area contributed by atoms with Gasteiger partial charge < -0.3 is 20.3 Å². The van der Waals surface area contributed by atoms with Gasteiger partial charge in [-0.1, -0.05) is 0 Å². The largest absolute Gasteiger partial charge is 0.372 e. The van der Waals surface area contributed by atoms with Crippen LogP contribution in [0.25, 0.3) is 0 Å². The summed E-state index contributed by atoms with van der Waals surface area (Å²) in [7, 11) is 1.71. The number of morpholine rings is 1. The van der Waals surface area contributed by atoms with E-state index < -0.39 is 0 Å². The Kier molecular flexibility index (Phi) is 5.51. The minimum absolute atomic E-state index is 0.00454. The average Bonchev–Trinajstić information content (AvgIpc) is 2.46. The van der Waals surface area contributed by atoms with Crippen molar-refractivity contribution in [1.82, 2.24) is 10.2 Å². The molecule has 6 heteroatoms. The zero-order valence-electron chi connectivity index (χ0n) is 13.3. The van der Waals surface area contributed by atoms with Crippen LogP contribution in [0.3, 0.4) is 0 Å². The first-order valence-electron chi connectivity index (χ1n) is 7.49. The SMILES string of the molecule is CNCC(=O)Nc1ccc(C(=O)N2CC(C)OC(C)C2)cc1. The Morgan fingerprint density at radius 2 is 1.77 bits per heavy atom. The molecule has 0 saturated carbocycles. The number of nitrogens with one attached hydrogen (secondary N) is 2. The molecular formula is C16H23N3O3. The Labute approximate surface area is 130 Å². The molecule has 2 atom stereocenters. The lowest BCUT2D eigenvalue weighted by atomic mass is 10.1. The number of amides is 2. The lowest BCUT2D eigenvalue weighted by Crippen LogP contribution is -2.48. The third-order valence-corrected chi connectivity index (χ3v) is 3.46. The summed E-state index contributed by atoms with van der Waals surface area (Å²) in [5.41, 5.74) is 1.30. The van der Waals surface area contributed by atoms with Crippen molar-refractivity contribution < 1.29 is 14.3 Å². The van der Waals surface area contributed by atoms with E-state index in [1.807, 2.05) is 18.7 Å². The summed E-state index contributed by atoms with van der Waals surface area (Å²) >= 11 is 0. The molecule has 0 aliphatic carbocycles. The summed E-state index contributed by atoms with van der Waals surface area (Å²) in [6, 6.07) is 6.96. The Balaban J connectivity index is 2.00. The molecule has 22 heavy (non-hydrogen) atoms. The number of carbonyl (C=O) groups excluding carboxylic acids is 2. The quantitative estimate of drug-likeness (QED) is 0.874. The molecule has 2 rings (SSSR count). The molecule has 1 aliphatic heterocycles. The van der Waals surface area contributed by atoms with Crippen molar-refractivity contribution in [2.24, 2.45) is 0 Å². The van der Waals surface area contributed by atoms with Crippen LogP contribution in [0.2, 0.25) is 0 Å². The molecular weight excluding hydrogens is 282 g/mol. The van der Waals surface area contributed by atoms with Crippen molar-refractivity contribution in [1.29, 1.82) is 0 Å². The summed E-state index contributed by atoms with van der Waals surface area (Å²) < 4.78 is 5.64. The van der Waals surface area contributed by atoms with Crippen molar-refractivity contribution in [3.63, 3.8) is 0 Å². The fourth-order valence-corrected chi connectivity index (χ4v) is 2.59. The van der Waals surface area contributed by atoms with Gasteiger partial charge in [0.05, 0.1) is 18.8 Å². The number of likely N-dealkylation sites (N-methyl/N-ethyl adjacent to an activating group) is 1. The fourth-order valence-electron chi connectivity index (χ4n) is 2.59. The smallest absolute Gasteiger partial charge is 0.254 e. The van der Waals surface area contributed by atoms with E-state index in [2.05, 4.69) is 10.6 Å². The van der Waals surface area contributed by atoms with Crippen LogP contribution in [0.5, 0.6) is 0 Å². The number of ether oxygens (including phenoxy) is 1. The number of benzene rings is 1. The number of anilines is 1. The van der Waals surface area contributed by atoms with Crippen molar-refractivity contribution in [3.8, 4) is 0 Å². The van der Waals surface area contributed by atoms with Gasteiger partial charge in [-0.3, -0.25) is 9.59 Å². The van der Waals surface area contributed by atoms with Crippen LogP contribution in [0.4, 0.5) is 5.69 Å². The Bertz CT molecular complexity index is 520. The molecule has 2 unspecified atom stereocenters. The summed E-state index contributed by atoms with van der Waals surface area (Å²) in [4.78, 5) is 25.8. The minimum Gasteiger partial charge on any atom is -0.372 e. The maximum atomic E-state index is 12.5. The second kappa shape index (κ2) is 7.38. The highest BCUT2D eigenvalue weighted by Crippen LogP contribution is 2.16. The van der Waals surface area contributed by atoms with Crippen molar-refractivity contribution in [3.05, 3.63) is 29.8 Å². The number of hydrogen-bond acceptors (Lipinski definition) is 4. The lowest BCUT2D eigenvalue weighted by molar-refractivity contribution is -0.115. The van der Waals surface area contributed by atoms with Crippen molar-refractivity contribution in [2.75, 3.05) is 32.0 Å². The van der Waals surface area contributed by atoms with Gasteiger partial charge in [0.25, 0.3) is 5.91 Å². The zero-order chi connectivity index (χ0) is 16.1. The first kappa shape index (κ1) is 16.5. The van der Waals surface area contributed by atoms with Gasteiger partial charge in [-0.05, 0) is 45.2 Å². The van der Waals surface area contributed by atoms with Crippen LogP contribution < -0.4 is 10.6 Å². The second-order valence-electron chi connectivity index (χ2n) is 5.62. The fraction of sp³-hybridized carbons (Fsp3) is 0.500. The summed E-state index contributed by atoms with van der Waals surface area (Å²) in [5.74, 6) is -0.118. The van der Waals surface area contributed by atoms with Crippen LogP contribution in [-0.2, 0) is 9.53 Å². The van der Waals surface area contributed by atoms with E-state index in [0.29, 0.717) is 24.3 Å². The summed E-state index contributed by atoms with van der Waals surface area (Å²) in [6.07, 6.45) is 0.0978. The van der Waals surface area contributed by atoms with Crippen molar-refractivity contribution >= 4 is 17.5 Å². The van der Waals surface area contributed by atoms with Gasteiger partial charge in [0.15, 0.2) is 0 Å². The normalized spacial score (nSPS) is 21.5. The maximum absolute atomic E-state index is 12.5. The molecule has 0 aromatic heterocycles. The van der Waals surface area contributed by atoms with E-state index in [1.54, 1.807) is 31.3 Å². The van der Waals surface area contributed by atoms with Gasteiger partial charge in [-0.25, -0.2) is 0 Å². The zero-order valence-corrected chi connectivity index (χ0v) is 13.3. The van der Waals surface area contributed by atoms with Gasteiger partial charge in [0.1, 0.15) is 0 Å². The number of nitrogens with zero attached hydrogens (tertiary/aromatic N) is 1. The van der Waals surface area contributed by atoms with Gasteiger partial charge in [-0.2, -0.15) is 0 Å². The maximum Gasteiger partial charge on any atom is 0.254 e. The second-order valence-corrected chi connectivity index (χ2v) is 5.62. The Hall–Kier alpha value is -1.92. The van der Waals surface area contributed by atoms with Gasteiger partial charge in [-0.15, -0.1) is 0 Å². The number of carbonyl (C=O) groups is 2. The molecule has 1 heterocycles. The van der Waals surface area contributed by atoms with E-state index in [1.165, 1.54) is 0 Å². The van der Waals surface area contributed by atoms with E-state index in [9.17, 15) is 9.59 Å². The Morgan fingerprint density at radius 3 is 2.32 bits per heavy atom. The molecule has 1 aliphatic rings. The molecule has 0 radical (unpaired) electrons. The monoisotopic (exact) mass is 305 g/mol. The molecule has 1 fully saturated rings. The van der Waals surface area contributed by atoms with Crippen LogP contribution in [-0.4, -0.2) is 55.6 Å². The van der Waals surface area contributed by atoms with Crippen LogP contribution in [0.1, 0.15) is 24.2 Å². The van der Waals surface area contributed by atoms with Crippen LogP contribution >= 0.6 is 0 Å². The van der Waals surface area contributed by atoms with E-state index in [-0.39, 0.29) is 30.6 Å². The topological polar surface area (TPSA) is 70.7 Å². The molecule has 2 N–H and O–H groups in total. The highest BCUT2D eigenvalue weighted by atomic mass is 16.5. The lowest BCUT2D eigenvalue weighted by Gasteiger charge is -2.35. The Morgan fingerprint density at radius 1 is 1.18 bits per heavy atom. The predicted molar refractivity (Wildman–Crippen MR) is 84.9 cm³/mol. The standard InChI is InChI=1S/C16H23N3O3/c1-11-9-19(10-12(2)22-11)16(21)13-4-6-14(7-5-13)18-15(20)8-17-3/h4-7,11-12,17H,8-10H2,1-3H3,(H,18,20). The first-order chi connectivity index (χ1) is 10.5. The average molecular weight is 305 g/mol. The molecule has 120 valence electrons. The molecule has 0 bridgehead atoms. The molecule has 2 amide bonds. The van der Waals surface area contributed by atoms with E-state index >= 15 is 0 Å². The molecule has 1 saturated heterocycles. The van der Waals surface area contributed by atoms with Gasteiger partial charge in [0, 0.05) is 24.3 Å². The number of hydrogen-bond donors (Lipinski definition) is 2. The summed E-state index contributed by atoms with van der Waals surface area (Å²) in [6.45, 7) is 5.39. The van der Waals surface area contributed by atoms with Crippen LogP contribution in [0.15, 0.2) is 24.3 Å². The molecule has 6 nitrogen and oxygen atoms in total. The molecule has 1 aromatic rings. The first-order valence-corrected chi connectivity index (χ1v) is 7.49. The van der Waals surface area contributed by atoms with Crippen molar-refractivity contribution in [2.45, 2.75) is 26.1 Å². The highest BCUT2D eigenvalue weighted by molar-refractivity contribution is 5.96. The molecule has 0 spiro atoms. The molecule has 1 aromatic carbocycles. The predicted octanol–water partition coefficient (Wildman–Crippen LogP) is 1.09. The third-order valence-electron chi connectivity index (χ3n) is 3.46. The van der Waals surface area contributed by atoms with Gasteiger partial charge in [0.2, 0.25) is 5.91 Å². The number of rotatable bonds is 4. The van der Waals surface area contributed by atoms with E-state index in [0.717, 1.165) is 0 Å². The minimum atomic E-state index is -0.114.